The number of rotatable bonds is 5. The lowest BCUT2D eigenvalue weighted by Crippen LogP contribution is -2.57. The molecule has 6 nitrogen and oxygen atoms in total. The number of carbonyl (C=O) groups excluding carboxylic acids is 1. The zero-order valence-electron chi connectivity index (χ0n) is 18.2. The first kappa shape index (κ1) is 22.4. The molecule has 32 heavy (non-hydrogen) atoms. The fourth-order valence-electron chi connectivity index (χ4n) is 4.77. The van der Waals surface area contributed by atoms with E-state index in [4.69, 9.17) is 16.9 Å². The summed E-state index contributed by atoms with van der Waals surface area (Å²) < 4.78 is 0. The lowest BCUT2D eigenvalue weighted by Gasteiger charge is -2.40. The zero-order valence-corrected chi connectivity index (χ0v) is 18.9. The van der Waals surface area contributed by atoms with Gasteiger partial charge in [0, 0.05) is 47.6 Å². The molecular formula is C25H30ClN5O. The Kier molecular flexibility index (Phi) is 7.51. The van der Waals surface area contributed by atoms with Crippen LogP contribution in [0.2, 0.25) is 5.02 Å². The third kappa shape index (κ3) is 5.93. The zero-order chi connectivity index (χ0) is 22.3. The third-order valence-electron chi connectivity index (χ3n) is 6.42. The van der Waals surface area contributed by atoms with Crippen molar-refractivity contribution in [1.82, 2.24) is 10.6 Å². The number of amides is 2. The van der Waals surface area contributed by atoms with E-state index >= 15 is 0 Å². The van der Waals surface area contributed by atoms with E-state index in [-0.39, 0.29) is 18.1 Å². The third-order valence-corrected chi connectivity index (χ3v) is 6.67. The van der Waals surface area contributed by atoms with Gasteiger partial charge in [0.1, 0.15) is 0 Å². The molecule has 1 saturated heterocycles. The molecule has 1 aliphatic carbocycles. The number of hydrogen-bond acceptors (Lipinski definition) is 4. The minimum atomic E-state index is -0.172. The van der Waals surface area contributed by atoms with Crippen molar-refractivity contribution >= 4 is 29.0 Å². The van der Waals surface area contributed by atoms with Crippen LogP contribution in [0.4, 0.5) is 16.2 Å². The Morgan fingerprint density at radius 3 is 2.41 bits per heavy atom. The lowest BCUT2D eigenvalue weighted by atomic mass is 9.89. The summed E-state index contributed by atoms with van der Waals surface area (Å²) in [5.41, 5.74) is 2.59. The molecular weight excluding hydrogens is 422 g/mol. The van der Waals surface area contributed by atoms with Crippen LogP contribution >= 0.6 is 11.6 Å². The quantitative estimate of drug-likeness (QED) is 0.603. The van der Waals surface area contributed by atoms with Crippen molar-refractivity contribution in [2.45, 2.75) is 56.7 Å². The van der Waals surface area contributed by atoms with E-state index in [1.807, 2.05) is 24.3 Å². The highest BCUT2D eigenvalue weighted by atomic mass is 35.5. The molecule has 2 aromatic carbocycles. The summed E-state index contributed by atoms with van der Waals surface area (Å²) in [7, 11) is 0. The summed E-state index contributed by atoms with van der Waals surface area (Å²) in [4.78, 5) is 15.0. The maximum Gasteiger partial charge on any atom is 0.319 e. The summed E-state index contributed by atoms with van der Waals surface area (Å²) in [6.45, 7) is 1.96. The van der Waals surface area contributed by atoms with E-state index in [2.05, 4.69) is 26.9 Å². The number of piperidine rings is 1. The fraction of sp³-hybridized carbons (Fsp3) is 0.440. The van der Waals surface area contributed by atoms with Gasteiger partial charge in [-0.1, -0.05) is 24.4 Å². The molecule has 3 atom stereocenters. The number of anilines is 2. The highest BCUT2D eigenvalue weighted by molar-refractivity contribution is 6.30. The number of nitriles is 1. The number of hydrogen-bond donors (Lipinski definition) is 3. The van der Waals surface area contributed by atoms with Crippen molar-refractivity contribution in [2.24, 2.45) is 0 Å². The molecule has 1 heterocycles. The van der Waals surface area contributed by atoms with Gasteiger partial charge in [0.2, 0.25) is 0 Å². The topological polar surface area (TPSA) is 80.2 Å². The number of nitrogens with zero attached hydrogens (tertiary/aromatic N) is 2. The highest BCUT2D eigenvalue weighted by Gasteiger charge is 2.30. The summed E-state index contributed by atoms with van der Waals surface area (Å²) in [6.07, 6.45) is 6.62. The molecule has 2 fully saturated rings. The Morgan fingerprint density at radius 1 is 0.969 bits per heavy atom. The molecule has 7 heteroatoms. The van der Waals surface area contributed by atoms with Crippen LogP contribution in [0.25, 0.3) is 0 Å². The van der Waals surface area contributed by atoms with E-state index in [1.54, 1.807) is 24.3 Å². The Morgan fingerprint density at radius 2 is 1.69 bits per heavy atom. The normalized spacial score (nSPS) is 23.2. The minimum Gasteiger partial charge on any atom is -0.370 e. The predicted molar refractivity (Wildman–Crippen MR) is 129 cm³/mol. The van der Waals surface area contributed by atoms with Gasteiger partial charge in [-0.25, -0.2) is 4.79 Å². The van der Waals surface area contributed by atoms with E-state index in [0.717, 1.165) is 56.6 Å². The standard InChI is InChI=1S/C25H30ClN5O/c26-19-9-11-20(12-10-19)29-25(32)30-24-6-2-1-5-23(24)28-21-4-3-15-31(17-21)22-13-7-18(16-27)8-14-22/h7-14,21,23-24,28H,1-6,15,17H2,(H2,29,30,32). The van der Waals surface area contributed by atoms with Crippen molar-refractivity contribution in [1.29, 1.82) is 5.26 Å². The summed E-state index contributed by atoms with van der Waals surface area (Å²) in [5.74, 6) is 0. The van der Waals surface area contributed by atoms with Crippen molar-refractivity contribution in [2.75, 3.05) is 23.3 Å². The SMILES string of the molecule is N#Cc1ccc(N2CCCC(NC3CCCCC3NC(=O)Nc3ccc(Cl)cc3)C2)cc1. The molecule has 4 rings (SSSR count). The number of benzene rings is 2. The van der Waals surface area contributed by atoms with Gasteiger partial charge >= 0.3 is 6.03 Å². The van der Waals surface area contributed by atoms with Gasteiger partial charge in [-0.3, -0.25) is 0 Å². The average Bonchev–Trinajstić information content (AvgIpc) is 2.82. The van der Waals surface area contributed by atoms with Crippen molar-refractivity contribution in [3.63, 3.8) is 0 Å². The van der Waals surface area contributed by atoms with Crippen molar-refractivity contribution in [3.8, 4) is 6.07 Å². The van der Waals surface area contributed by atoms with Gasteiger partial charge in [-0.15, -0.1) is 0 Å². The molecule has 0 bridgehead atoms. The van der Waals surface area contributed by atoms with E-state index in [1.165, 1.54) is 6.42 Å². The molecule has 2 aromatic rings. The minimum absolute atomic E-state index is 0.112. The van der Waals surface area contributed by atoms with E-state index in [0.29, 0.717) is 16.6 Å². The molecule has 1 aliphatic heterocycles. The monoisotopic (exact) mass is 451 g/mol. The van der Waals surface area contributed by atoms with Crippen LogP contribution in [-0.2, 0) is 0 Å². The van der Waals surface area contributed by atoms with Gasteiger partial charge in [0.05, 0.1) is 11.6 Å². The van der Waals surface area contributed by atoms with Crippen molar-refractivity contribution < 1.29 is 4.79 Å². The molecule has 3 unspecified atom stereocenters. The molecule has 3 N–H and O–H groups in total. The second-order valence-corrected chi connectivity index (χ2v) is 9.15. The molecule has 0 spiro atoms. The Balaban J connectivity index is 1.33. The summed E-state index contributed by atoms with van der Waals surface area (Å²) in [5, 5.41) is 19.6. The molecule has 2 aliphatic rings. The fourth-order valence-corrected chi connectivity index (χ4v) is 4.90. The van der Waals surface area contributed by atoms with Crippen LogP contribution in [0.5, 0.6) is 0 Å². The van der Waals surface area contributed by atoms with Crippen LogP contribution in [0.1, 0.15) is 44.1 Å². The molecule has 0 radical (unpaired) electrons. The van der Waals surface area contributed by atoms with Gasteiger partial charge < -0.3 is 20.9 Å². The van der Waals surface area contributed by atoms with Gasteiger partial charge in [-0.05, 0) is 74.2 Å². The summed E-state index contributed by atoms with van der Waals surface area (Å²) in [6, 6.07) is 17.7. The van der Waals surface area contributed by atoms with Crippen LogP contribution < -0.4 is 20.9 Å². The van der Waals surface area contributed by atoms with E-state index < -0.39 is 0 Å². The average molecular weight is 452 g/mol. The second kappa shape index (κ2) is 10.7. The number of urea groups is 1. The Bertz CT molecular complexity index is 940. The van der Waals surface area contributed by atoms with Crippen LogP contribution in [-0.4, -0.2) is 37.2 Å². The van der Waals surface area contributed by atoms with Crippen LogP contribution in [0.15, 0.2) is 48.5 Å². The maximum atomic E-state index is 12.6. The van der Waals surface area contributed by atoms with Gasteiger partial charge in [0.25, 0.3) is 0 Å². The highest BCUT2D eigenvalue weighted by Crippen LogP contribution is 2.24. The first-order valence-corrected chi connectivity index (χ1v) is 11.8. The Hall–Kier alpha value is -2.75. The first-order chi connectivity index (χ1) is 15.6. The lowest BCUT2D eigenvalue weighted by molar-refractivity contribution is 0.226. The molecule has 2 amide bonds. The van der Waals surface area contributed by atoms with Crippen LogP contribution in [0.3, 0.4) is 0 Å². The first-order valence-electron chi connectivity index (χ1n) is 11.4. The largest absolute Gasteiger partial charge is 0.370 e. The molecule has 1 saturated carbocycles. The smallest absolute Gasteiger partial charge is 0.319 e. The van der Waals surface area contributed by atoms with Gasteiger partial charge in [-0.2, -0.15) is 5.26 Å². The number of halogens is 1. The van der Waals surface area contributed by atoms with E-state index in [9.17, 15) is 4.79 Å². The number of carbonyl (C=O) groups is 1. The van der Waals surface area contributed by atoms with Gasteiger partial charge in [0.15, 0.2) is 0 Å². The Labute approximate surface area is 194 Å². The number of nitrogens with one attached hydrogen (secondary N) is 3. The predicted octanol–water partition coefficient (Wildman–Crippen LogP) is 4.90. The second-order valence-electron chi connectivity index (χ2n) is 8.71. The molecule has 168 valence electrons. The maximum absolute atomic E-state index is 12.6. The van der Waals surface area contributed by atoms with Crippen LogP contribution in [0, 0.1) is 11.3 Å². The molecule has 0 aromatic heterocycles. The summed E-state index contributed by atoms with van der Waals surface area (Å²) >= 11 is 5.93. The van der Waals surface area contributed by atoms with Crippen molar-refractivity contribution in [3.05, 3.63) is 59.1 Å².